The fourth-order valence-corrected chi connectivity index (χ4v) is 1.74. The largest absolute Gasteiger partial charge is 0.278 e. The molecule has 0 atom stereocenters. The maximum Gasteiger partial charge on any atom is 0.255 e. The van der Waals surface area contributed by atoms with Gasteiger partial charge in [0.05, 0.1) is 0 Å². The molecule has 0 aromatic heterocycles. The van der Waals surface area contributed by atoms with Crippen LogP contribution < -0.4 is 4.90 Å². The Morgan fingerprint density at radius 2 is 1.94 bits per heavy atom. The number of amides is 1. The second-order valence-electron chi connectivity index (χ2n) is 3.76. The standard InChI is InChI=1S/C14H15NO/c1-2-3-7-13-10-11-14(16)15(13)12-8-5-4-6-9-12/h4-11H,2-3H2,1H3/b13-7+. The number of rotatable bonds is 3. The van der Waals surface area contributed by atoms with Crippen molar-refractivity contribution in [3.63, 3.8) is 0 Å². The molecule has 0 aliphatic carbocycles. The molecule has 1 aliphatic rings. The van der Waals surface area contributed by atoms with E-state index in [2.05, 4.69) is 13.0 Å². The van der Waals surface area contributed by atoms with E-state index in [1.807, 2.05) is 36.4 Å². The lowest BCUT2D eigenvalue weighted by molar-refractivity contribution is -0.113. The van der Waals surface area contributed by atoms with Gasteiger partial charge in [-0.05, 0) is 24.6 Å². The van der Waals surface area contributed by atoms with Gasteiger partial charge in [-0.15, -0.1) is 0 Å². The smallest absolute Gasteiger partial charge is 0.255 e. The van der Waals surface area contributed by atoms with Crippen LogP contribution in [-0.4, -0.2) is 5.91 Å². The summed E-state index contributed by atoms with van der Waals surface area (Å²) in [4.78, 5) is 13.5. The van der Waals surface area contributed by atoms with E-state index in [-0.39, 0.29) is 5.91 Å². The molecule has 1 heterocycles. The van der Waals surface area contributed by atoms with Crippen LogP contribution in [0.5, 0.6) is 0 Å². The van der Waals surface area contributed by atoms with Crippen LogP contribution in [0.2, 0.25) is 0 Å². The normalized spacial score (nSPS) is 17.4. The molecule has 0 saturated heterocycles. The molecule has 2 rings (SSSR count). The zero-order valence-electron chi connectivity index (χ0n) is 9.39. The van der Waals surface area contributed by atoms with Gasteiger partial charge in [-0.1, -0.05) is 37.6 Å². The van der Waals surface area contributed by atoms with Crippen LogP contribution in [0.3, 0.4) is 0 Å². The lowest BCUT2D eigenvalue weighted by Gasteiger charge is -2.18. The Labute approximate surface area is 95.9 Å². The molecule has 0 unspecified atom stereocenters. The first kappa shape index (κ1) is 10.7. The van der Waals surface area contributed by atoms with Gasteiger partial charge in [0.2, 0.25) is 0 Å². The average molecular weight is 213 g/mol. The van der Waals surface area contributed by atoms with Crippen LogP contribution in [0.4, 0.5) is 5.69 Å². The third kappa shape index (κ3) is 2.06. The van der Waals surface area contributed by atoms with Crippen molar-refractivity contribution >= 4 is 11.6 Å². The van der Waals surface area contributed by atoms with E-state index in [0.29, 0.717) is 0 Å². The van der Waals surface area contributed by atoms with E-state index < -0.39 is 0 Å². The number of benzene rings is 1. The summed E-state index contributed by atoms with van der Waals surface area (Å²) in [6.45, 7) is 2.13. The lowest BCUT2D eigenvalue weighted by atomic mass is 10.2. The number of carbonyl (C=O) groups is 1. The summed E-state index contributed by atoms with van der Waals surface area (Å²) in [5.74, 6) is 0.0357. The Morgan fingerprint density at radius 1 is 1.19 bits per heavy atom. The molecule has 0 radical (unpaired) electrons. The Hall–Kier alpha value is -1.83. The fraction of sp³-hybridized carbons (Fsp3) is 0.214. The number of carbonyl (C=O) groups excluding carboxylic acids is 1. The van der Waals surface area contributed by atoms with Crippen LogP contribution >= 0.6 is 0 Å². The summed E-state index contributed by atoms with van der Waals surface area (Å²) in [5, 5.41) is 0. The molecule has 0 saturated carbocycles. The van der Waals surface area contributed by atoms with Crippen molar-refractivity contribution in [1.82, 2.24) is 0 Å². The van der Waals surface area contributed by atoms with Crippen molar-refractivity contribution in [3.05, 3.63) is 54.3 Å². The van der Waals surface area contributed by atoms with Crippen molar-refractivity contribution in [3.8, 4) is 0 Å². The van der Waals surface area contributed by atoms with Crippen molar-refractivity contribution < 1.29 is 4.79 Å². The quantitative estimate of drug-likeness (QED) is 0.754. The van der Waals surface area contributed by atoms with Crippen LogP contribution in [0.15, 0.2) is 54.3 Å². The number of anilines is 1. The van der Waals surface area contributed by atoms with E-state index in [1.54, 1.807) is 11.0 Å². The Morgan fingerprint density at radius 3 is 2.62 bits per heavy atom. The number of allylic oxidation sites excluding steroid dienone is 2. The topological polar surface area (TPSA) is 20.3 Å². The first-order valence-electron chi connectivity index (χ1n) is 5.60. The molecular formula is C14H15NO. The van der Waals surface area contributed by atoms with E-state index >= 15 is 0 Å². The summed E-state index contributed by atoms with van der Waals surface area (Å²) in [7, 11) is 0. The highest BCUT2D eigenvalue weighted by atomic mass is 16.2. The Kier molecular flexibility index (Phi) is 3.20. The van der Waals surface area contributed by atoms with Crippen molar-refractivity contribution in [2.75, 3.05) is 4.90 Å². The first-order valence-corrected chi connectivity index (χ1v) is 5.60. The van der Waals surface area contributed by atoms with Crippen LogP contribution in [0.25, 0.3) is 0 Å². The number of hydrogen-bond acceptors (Lipinski definition) is 1. The third-order valence-electron chi connectivity index (χ3n) is 2.53. The molecular weight excluding hydrogens is 198 g/mol. The molecule has 16 heavy (non-hydrogen) atoms. The van der Waals surface area contributed by atoms with E-state index in [4.69, 9.17) is 0 Å². The number of unbranched alkanes of at least 4 members (excludes halogenated alkanes) is 1. The molecule has 0 spiro atoms. The predicted molar refractivity (Wildman–Crippen MR) is 66.1 cm³/mol. The molecule has 1 aromatic rings. The van der Waals surface area contributed by atoms with Crippen molar-refractivity contribution in [2.24, 2.45) is 0 Å². The van der Waals surface area contributed by atoms with Crippen LogP contribution in [0.1, 0.15) is 19.8 Å². The minimum atomic E-state index is 0.0357. The fourth-order valence-electron chi connectivity index (χ4n) is 1.74. The van der Waals surface area contributed by atoms with Crippen molar-refractivity contribution in [1.29, 1.82) is 0 Å². The van der Waals surface area contributed by atoms with Gasteiger partial charge in [-0.25, -0.2) is 0 Å². The SMILES string of the molecule is CCC/C=C1\C=CC(=O)N1c1ccccc1. The highest BCUT2D eigenvalue weighted by Crippen LogP contribution is 2.24. The summed E-state index contributed by atoms with van der Waals surface area (Å²) in [6, 6.07) is 9.74. The lowest BCUT2D eigenvalue weighted by Crippen LogP contribution is -2.23. The van der Waals surface area contributed by atoms with Gasteiger partial charge < -0.3 is 0 Å². The molecule has 2 nitrogen and oxygen atoms in total. The van der Waals surface area contributed by atoms with Gasteiger partial charge in [-0.2, -0.15) is 0 Å². The maximum absolute atomic E-state index is 11.7. The minimum Gasteiger partial charge on any atom is -0.278 e. The molecule has 0 N–H and O–H groups in total. The van der Waals surface area contributed by atoms with E-state index in [9.17, 15) is 4.79 Å². The van der Waals surface area contributed by atoms with E-state index in [1.165, 1.54) is 0 Å². The molecule has 2 heteroatoms. The molecule has 0 bridgehead atoms. The van der Waals surface area contributed by atoms with Crippen LogP contribution in [0, 0.1) is 0 Å². The molecule has 0 fully saturated rings. The number of nitrogens with zero attached hydrogens (tertiary/aromatic N) is 1. The number of para-hydroxylation sites is 1. The zero-order valence-corrected chi connectivity index (χ0v) is 9.39. The summed E-state index contributed by atoms with van der Waals surface area (Å²) in [5.41, 5.74) is 1.91. The predicted octanol–water partition coefficient (Wildman–Crippen LogP) is 3.27. The molecule has 1 amide bonds. The summed E-state index contributed by atoms with van der Waals surface area (Å²) < 4.78 is 0. The summed E-state index contributed by atoms with van der Waals surface area (Å²) in [6.07, 6.45) is 7.69. The van der Waals surface area contributed by atoms with Gasteiger partial charge in [0.15, 0.2) is 0 Å². The number of hydrogen-bond donors (Lipinski definition) is 0. The molecule has 1 aromatic carbocycles. The van der Waals surface area contributed by atoms with Gasteiger partial charge in [0.1, 0.15) is 0 Å². The van der Waals surface area contributed by atoms with Gasteiger partial charge in [0, 0.05) is 17.5 Å². The molecule has 82 valence electrons. The minimum absolute atomic E-state index is 0.0357. The first-order chi connectivity index (χ1) is 7.83. The highest BCUT2D eigenvalue weighted by molar-refractivity contribution is 6.08. The van der Waals surface area contributed by atoms with Gasteiger partial charge >= 0.3 is 0 Å². The zero-order chi connectivity index (χ0) is 11.4. The third-order valence-corrected chi connectivity index (χ3v) is 2.53. The second-order valence-corrected chi connectivity index (χ2v) is 3.76. The monoisotopic (exact) mass is 213 g/mol. The second kappa shape index (κ2) is 4.79. The van der Waals surface area contributed by atoms with E-state index in [0.717, 1.165) is 24.2 Å². The van der Waals surface area contributed by atoms with Crippen LogP contribution in [-0.2, 0) is 4.79 Å². The highest BCUT2D eigenvalue weighted by Gasteiger charge is 2.20. The average Bonchev–Trinajstić information content (AvgIpc) is 2.69. The van der Waals surface area contributed by atoms with Crippen molar-refractivity contribution in [2.45, 2.75) is 19.8 Å². The van der Waals surface area contributed by atoms with Gasteiger partial charge in [-0.3, -0.25) is 9.69 Å². The van der Waals surface area contributed by atoms with Gasteiger partial charge in [0.25, 0.3) is 5.91 Å². The maximum atomic E-state index is 11.7. The Bertz CT molecular complexity index is 431. The molecule has 1 aliphatic heterocycles. The Balaban J connectivity index is 2.29. The summed E-state index contributed by atoms with van der Waals surface area (Å²) >= 11 is 0.